The fourth-order valence-corrected chi connectivity index (χ4v) is 2.25. The highest BCUT2D eigenvalue weighted by Crippen LogP contribution is 2.11. The smallest absolute Gasteiger partial charge is 0.240 e. The van der Waals surface area contributed by atoms with Gasteiger partial charge in [0.2, 0.25) is 11.8 Å². The number of hydrogen-bond donors (Lipinski definition) is 2. The zero-order valence-corrected chi connectivity index (χ0v) is 11.2. The molecule has 2 rings (SSSR count). The quantitative estimate of drug-likeness (QED) is 0.851. The van der Waals surface area contributed by atoms with Gasteiger partial charge in [-0.2, -0.15) is 0 Å². The van der Waals surface area contributed by atoms with E-state index in [2.05, 4.69) is 15.3 Å². The van der Waals surface area contributed by atoms with Crippen molar-refractivity contribution in [3.8, 4) is 0 Å². The van der Waals surface area contributed by atoms with Crippen LogP contribution < -0.4 is 5.32 Å². The molecule has 1 aromatic heterocycles. The van der Waals surface area contributed by atoms with E-state index in [1.54, 1.807) is 17.3 Å². The minimum atomic E-state index is -0.176. The molecule has 0 aliphatic carbocycles. The number of H-pyrrole nitrogens is 1. The van der Waals surface area contributed by atoms with E-state index in [0.717, 1.165) is 25.1 Å². The number of hydrogen-bond acceptors (Lipinski definition) is 3. The number of imidazole rings is 1. The molecule has 2 amide bonds. The number of carbonyl (C=O) groups excluding carboxylic acids is 2. The summed E-state index contributed by atoms with van der Waals surface area (Å²) in [5.74, 6) is 0.660. The molecule has 6 heteroatoms. The lowest BCUT2D eigenvalue weighted by atomic mass is 10.2. The zero-order valence-electron chi connectivity index (χ0n) is 11.2. The maximum atomic E-state index is 11.9. The van der Waals surface area contributed by atoms with Gasteiger partial charge in [-0.15, -0.1) is 0 Å². The molecular formula is C13H20N4O2. The van der Waals surface area contributed by atoms with Crippen molar-refractivity contribution < 1.29 is 9.59 Å². The average molecular weight is 264 g/mol. The monoisotopic (exact) mass is 264 g/mol. The average Bonchev–Trinajstić information content (AvgIpc) is 2.83. The Morgan fingerprint density at radius 1 is 1.53 bits per heavy atom. The number of carbonyl (C=O) groups is 2. The van der Waals surface area contributed by atoms with Gasteiger partial charge in [-0.25, -0.2) is 4.98 Å². The minimum Gasteiger partial charge on any atom is -0.347 e. The summed E-state index contributed by atoms with van der Waals surface area (Å²) in [6.45, 7) is 2.69. The van der Waals surface area contributed by atoms with Gasteiger partial charge in [0.15, 0.2) is 0 Å². The van der Waals surface area contributed by atoms with Crippen molar-refractivity contribution in [2.24, 2.45) is 0 Å². The van der Waals surface area contributed by atoms with Gasteiger partial charge in [0, 0.05) is 25.4 Å². The minimum absolute atomic E-state index is 0.0818. The second-order valence-electron chi connectivity index (χ2n) is 4.89. The van der Waals surface area contributed by atoms with Crippen LogP contribution in [0.2, 0.25) is 0 Å². The van der Waals surface area contributed by atoms with Crippen LogP contribution in [0, 0.1) is 0 Å². The lowest BCUT2D eigenvalue weighted by molar-refractivity contribution is -0.135. The Balaban J connectivity index is 1.84. The first-order valence-electron chi connectivity index (χ1n) is 6.73. The van der Waals surface area contributed by atoms with Crippen LogP contribution in [0.15, 0.2) is 12.4 Å². The van der Waals surface area contributed by atoms with Crippen LogP contribution in [0.25, 0.3) is 0 Å². The summed E-state index contributed by atoms with van der Waals surface area (Å²) in [5.41, 5.74) is 0. The summed E-state index contributed by atoms with van der Waals surface area (Å²) >= 11 is 0. The van der Waals surface area contributed by atoms with Crippen molar-refractivity contribution in [2.75, 3.05) is 13.1 Å². The van der Waals surface area contributed by atoms with Crippen molar-refractivity contribution in [1.29, 1.82) is 0 Å². The normalized spacial score (nSPS) is 17.9. The summed E-state index contributed by atoms with van der Waals surface area (Å²) < 4.78 is 0. The highest BCUT2D eigenvalue weighted by molar-refractivity contribution is 5.85. The van der Waals surface area contributed by atoms with Gasteiger partial charge in [-0.3, -0.25) is 9.59 Å². The summed E-state index contributed by atoms with van der Waals surface area (Å²) in [7, 11) is 0. The van der Waals surface area contributed by atoms with Crippen molar-refractivity contribution in [1.82, 2.24) is 20.2 Å². The molecule has 1 aliphatic rings. The van der Waals surface area contributed by atoms with Crippen molar-refractivity contribution in [3.05, 3.63) is 18.2 Å². The van der Waals surface area contributed by atoms with E-state index in [9.17, 15) is 9.59 Å². The largest absolute Gasteiger partial charge is 0.347 e. The molecule has 0 aromatic carbocycles. The van der Waals surface area contributed by atoms with Gasteiger partial charge in [-0.05, 0) is 19.8 Å². The van der Waals surface area contributed by atoms with E-state index in [0.29, 0.717) is 13.0 Å². The van der Waals surface area contributed by atoms with Crippen LogP contribution in [0.1, 0.15) is 44.5 Å². The Morgan fingerprint density at radius 3 is 3.11 bits per heavy atom. The fraction of sp³-hybridized carbons (Fsp3) is 0.615. The molecule has 1 aromatic rings. The third-order valence-electron chi connectivity index (χ3n) is 3.31. The fourth-order valence-electron chi connectivity index (χ4n) is 2.25. The molecule has 19 heavy (non-hydrogen) atoms. The maximum absolute atomic E-state index is 11.9. The van der Waals surface area contributed by atoms with Gasteiger partial charge < -0.3 is 15.2 Å². The van der Waals surface area contributed by atoms with Gasteiger partial charge in [0.25, 0.3) is 0 Å². The van der Waals surface area contributed by atoms with E-state index < -0.39 is 0 Å². The van der Waals surface area contributed by atoms with Gasteiger partial charge in [0.05, 0.1) is 12.6 Å². The SMILES string of the molecule is CC(NC(=O)CN1CCCCCC1=O)c1ncc[nH]1. The number of aromatic nitrogens is 2. The van der Waals surface area contributed by atoms with Crippen LogP contribution >= 0.6 is 0 Å². The molecule has 1 aliphatic heterocycles. The van der Waals surface area contributed by atoms with E-state index in [1.165, 1.54) is 0 Å². The first kappa shape index (κ1) is 13.6. The molecule has 1 atom stereocenters. The predicted octanol–water partition coefficient (Wildman–Crippen LogP) is 0.989. The molecular weight excluding hydrogens is 244 g/mol. The van der Waals surface area contributed by atoms with Crippen LogP contribution in [0.3, 0.4) is 0 Å². The molecule has 2 heterocycles. The number of likely N-dealkylation sites (tertiary alicyclic amines) is 1. The first-order valence-corrected chi connectivity index (χ1v) is 6.73. The first-order chi connectivity index (χ1) is 9.16. The second-order valence-corrected chi connectivity index (χ2v) is 4.89. The number of amides is 2. The Bertz CT molecular complexity index is 430. The van der Waals surface area contributed by atoms with Gasteiger partial charge in [-0.1, -0.05) is 6.42 Å². The molecule has 104 valence electrons. The Kier molecular flexibility index (Phi) is 4.54. The highest BCUT2D eigenvalue weighted by atomic mass is 16.2. The van der Waals surface area contributed by atoms with Crippen molar-refractivity contribution in [2.45, 2.75) is 38.6 Å². The molecule has 0 saturated carbocycles. The lowest BCUT2D eigenvalue weighted by Crippen LogP contribution is -2.41. The lowest BCUT2D eigenvalue weighted by Gasteiger charge is -2.21. The maximum Gasteiger partial charge on any atom is 0.240 e. The van der Waals surface area contributed by atoms with E-state index in [-0.39, 0.29) is 24.4 Å². The predicted molar refractivity (Wildman–Crippen MR) is 70.2 cm³/mol. The molecule has 1 unspecified atom stereocenters. The molecule has 1 saturated heterocycles. The van der Waals surface area contributed by atoms with Gasteiger partial charge >= 0.3 is 0 Å². The standard InChI is InChI=1S/C13H20N4O2/c1-10(13-14-6-7-15-13)16-11(18)9-17-8-4-2-3-5-12(17)19/h6-7,10H,2-5,8-9H2,1H3,(H,14,15)(H,16,18). The third kappa shape index (κ3) is 3.81. The number of nitrogens with zero attached hydrogens (tertiary/aromatic N) is 2. The summed E-state index contributed by atoms with van der Waals surface area (Å²) in [5, 5.41) is 2.84. The van der Waals surface area contributed by atoms with E-state index in [1.807, 2.05) is 6.92 Å². The Labute approximate surface area is 112 Å². The Morgan fingerprint density at radius 2 is 2.37 bits per heavy atom. The highest BCUT2D eigenvalue weighted by Gasteiger charge is 2.20. The van der Waals surface area contributed by atoms with Crippen molar-refractivity contribution >= 4 is 11.8 Å². The molecule has 0 spiro atoms. The molecule has 0 radical (unpaired) electrons. The topological polar surface area (TPSA) is 78.1 Å². The molecule has 1 fully saturated rings. The van der Waals surface area contributed by atoms with Crippen LogP contribution in [-0.2, 0) is 9.59 Å². The molecule has 0 bridgehead atoms. The molecule has 2 N–H and O–H groups in total. The van der Waals surface area contributed by atoms with Crippen LogP contribution in [-0.4, -0.2) is 39.8 Å². The second kappa shape index (κ2) is 6.36. The van der Waals surface area contributed by atoms with Gasteiger partial charge in [0.1, 0.15) is 5.82 Å². The Hall–Kier alpha value is -1.85. The third-order valence-corrected chi connectivity index (χ3v) is 3.31. The number of rotatable bonds is 4. The number of nitrogens with one attached hydrogen (secondary N) is 2. The number of aromatic amines is 1. The van der Waals surface area contributed by atoms with Crippen molar-refractivity contribution in [3.63, 3.8) is 0 Å². The summed E-state index contributed by atoms with van der Waals surface area (Å²) in [4.78, 5) is 32.4. The summed E-state index contributed by atoms with van der Waals surface area (Å²) in [6, 6.07) is -0.176. The zero-order chi connectivity index (χ0) is 13.7. The summed E-state index contributed by atoms with van der Waals surface area (Å²) in [6.07, 6.45) is 6.90. The van der Waals surface area contributed by atoms with E-state index >= 15 is 0 Å². The van der Waals surface area contributed by atoms with Crippen LogP contribution in [0.4, 0.5) is 0 Å². The van der Waals surface area contributed by atoms with Crippen LogP contribution in [0.5, 0.6) is 0 Å². The van der Waals surface area contributed by atoms with E-state index in [4.69, 9.17) is 0 Å². The molecule has 6 nitrogen and oxygen atoms in total.